The monoisotopic (exact) mass is 703 g/mol. The zero-order chi connectivity index (χ0) is 37.2. The standard InChI is InChI=1S/C25H29N7O3.2C2HF3O2/c1-4-32-22-19(34-13-11-17(26)14-16-8-6-5-7-9-16)15-28-18(10-12-25(2,3)33)20(22)29-24(32)21-23(27)31-35-30-21;2*3-2(4,5)1(6)7/h5-9,15,17,33H,4,11,13-14,26H2,1-3H3,(H2,27,31);2*(H,6,7)/t17-;;/m1../s1. The Hall–Kier alpha value is -5.42. The summed E-state index contributed by atoms with van der Waals surface area (Å²) in [5.41, 5.74) is 14.2. The summed E-state index contributed by atoms with van der Waals surface area (Å²) in [7, 11) is 0. The number of nitrogen functional groups attached to an aromatic ring is 1. The van der Waals surface area contributed by atoms with Crippen LogP contribution in [0.3, 0.4) is 0 Å². The summed E-state index contributed by atoms with van der Waals surface area (Å²) in [5, 5.41) is 31.9. The normalized spacial score (nSPS) is 12.1. The number of carbonyl (C=O) groups is 2. The van der Waals surface area contributed by atoms with Gasteiger partial charge in [-0.1, -0.05) is 36.3 Å². The predicted molar refractivity (Wildman–Crippen MR) is 160 cm³/mol. The van der Waals surface area contributed by atoms with Crippen LogP contribution in [-0.4, -0.2) is 82.7 Å². The second-order valence-corrected chi connectivity index (χ2v) is 10.3. The predicted octanol–water partition coefficient (Wildman–Crippen LogP) is 3.81. The summed E-state index contributed by atoms with van der Waals surface area (Å²) in [6.07, 6.45) is -7.13. The van der Waals surface area contributed by atoms with E-state index in [1.165, 1.54) is 5.56 Å². The number of hydrogen-bond acceptors (Lipinski definition) is 11. The molecule has 0 saturated carbocycles. The van der Waals surface area contributed by atoms with Crippen LogP contribution in [0.15, 0.2) is 41.2 Å². The molecule has 0 fully saturated rings. The smallest absolute Gasteiger partial charge is 0.490 e. The van der Waals surface area contributed by atoms with E-state index in [0.717, 1.165) is 6.42 Å². The SMILES string of the molecule is CCn1c(-c2nonc2N)nc2c(C#CC(C)(C)O)ncc(OCC[C@@H](N)Cc3ccccc3)c21.O=C(O)C(F)(F)F.O=C(O)C(F)(F)F. The highest BCUT2D eigenvalue weighted by atomic mass is 19.4. The number of halogens is 6. The first-order chi connectivity index (χ1) is 22.7. The Balaban J connectivity index is 0.000000500. The van der Waals surface area contributed by atoms with Gasteiger partial charge in [-0.25, -0.2) is 24.2 Å². The van der Waals surface area contributed by atoms with Crippen LogP contribution in [-0.2, 0) is 22.6 Å². The quantitative estimate of drug-likeness (QED) is 0.130. The minimum Gasteiger partial charge on any atom is -0.490 e. The van der Waals surface area contributed by atoms with Crippen LogP contribution in [0, 0.1) is 11.8 Å². The second kappa shape index (κ2) is 16.6. The number of carboxylic acid groups (broad SMARTS) is 2. The molecule has 49 heavy (non-hydrogen) atoms. The van der Waals surface area contributed by atoms with Crippen molar-refractivity contribution in [3.63, 3.8) is 0 Å². The van der Waals surface area contributed by atoms with Gasteiger partial charge in [0, 0.05) is 12.6 Å². The summed E-state index contributed by atoms with van der Waals surface area (Å²) in [6.45, 7) is 6.12. The minimum atomic E-state index is -5.08. The molecule has 266 valence electrons. The topological polar surface area (TPSA) is 226 Å². The first kappa shape index (κ1) is 39.8. The lowest BCUT2D eigenvalue weighted by Crippen LogP contribution is -2.25. The van der Waals surface area contributed by atoms with Gasteiger partial charge >= 0.3 is 24.3 Å². The highest BCUT2D eigenvalue weighted by Gasteiger charge is 2.39. The fourth-order valence-electron chi connectivity index (χ4n) is 3.70. The van der Waals surface area contributed by atoms with Crippen LogP contribution in [0.4, 0.5) is 32.2 Å². The number of hydrogen-bond donors (Lipinski definition) is 5. The lowest BCUT2D eigenvalue weighted by molar-refractivity contribution is -0.193. The molecule has 0 aliphatic rings. The highest BCUT2D eigenvalue weighted by molar-refractivity contribution is 5.89. The van der Waals surface area contributed by atoms with Gasteiger partial charge in [0.05, 0.1) is 12.8 Å². The molecule has 0 radical (unpaired) electrons. The fraction of sp³-hybridized carbons (Fsp3) is 0.379. The molecule has 20 heteroatoms. The molecule has 0 aliphatic heterocycles. The van der Waals surface area contributed by atoms with Gasteiger partial charge in [-0.05, 0) is 55.4 Å². The number of nitrogens with zero attached hydrogens (tertiary/aromatic N) is 5. The van der Waals surface area contributed by atoms with Crippen molar-refractivity contribution in [1.29, 1.82) is 0 Å². The summed E-state index contributed by atoms with van der Waals surface area (Å²) in [6, 6.07) is 10.1. The van der Waals surface area contributed by atoms with E-state index in [-0.39, 0.29) is 11.9 Å². The molecule has 1 atom stereocenters. The van der Waals surface area contributed by atoms with E-state index in [4.69, 9.17) is 45.6 Å². The Bertz CT molecular complexity index is 1750. The van der Waals surface area contributed by atoms with E-state index in [0.29, 0.717) is 53.6 Å². The molecule has 7 N–H and O–H groups in total. The zero-order valence-electron chi connectivity index (χ0n) is 26.0. The molecular weight excluding hydrogens is 672 g/mol. The average Bonchev–Trinajstić information content (AvgIpc) is 3.59. The summed E-state index contributed by atoms with van der Waals surface area (Å²) in [5.74, 6) is 1.33. The van der Waals surface area contributed by atoms with Gasteiger partial charge in [0.15, 0.2) is 23.1 Å². The number of nitrogens with two attached hydrogens (primary N) is 2. The molecule has 0 saturated heterocycles. The van der Waals surface area contributed by atoms with Crippen molar-refractivity contribution in [1.82, 2.24) is 24.8 Å². The van der Waals surface area contributed by atoms with E-state index in [1.54, 1.807) is 20.0 Å². The third kappa shape index (κ3) is 12.3. The van der Waals surface area contributed by atoms with Crippen molar-refractivity contribution in [2.45, 2.75) is 64.2 Å². The van der Waals surface area contributed by atoms with Crippen molar-refractivity contribution in [3.05, 3.63) is 47.8 Å². The highest BCUT2D eigenvalue weighted by Crippen LogP contribution is 2.33. The number of rotatable bonds is 8. The maximum absolute atomic E-state index is 10.6. The number of alkyl halides is 6. The number of fused-ring (bicyclic) bond motifs is 1. The van der Waals surface area contributed by atoms with Crippen molar-refractivity contribution in [3.8, 4) is 29.1 Å². The van der Waals surface area contributed by atoms with Crippen molar-refractivity contribution < 1.29 is 60.6 Å². The number of imidazole rings is 1. The number of anilines is 1. The summed E-state index contributed by atoms with van der Waals surface area (Å²) in [4.78, 5) is 27.0. The Morgan fingerprint density at radius 2 is 1.61 bits per heavy atom. The van der Waals surface area contributed by atoms with Crippen LogP contribution < -0.4 is 16.2 Å². The Morgan fingerprint density at radius 1 is 1.04 bits per heavy atom. The lowest BCUT2D eigenvalue weighted by Gasteiger charge is -2.14. The third-order valence-electron chi connectivity index (χ3n) is 5.84. The first-order valence-electron chi connectivity index (χ1n) is 13.9. The molecule has 0 aliphatic carbocycles. The largest absolute Gasteiger partial charge is 0.490 e. The van der Waals surface area contributed by atoms with E-state index in [2.05, 4.69) is 39.3 Å². The third-order valence-corrected chi connectivity index (χ3v) is 5.84. The van der Waals surface area contributed by atoms with Gasteiger partial charge in [0.25, 0.3) is 0 Å². The van der Waals surface area contributed by atoms with Gasteiger partial charge in [-0.3, -0.25) is 0 Å². The maximum Gasteiger partial charge on any atom is 0.490 e. The second-order valence-electron chi connectivity index (χ2n) is 10.3. The van der Waals surface area contributed by atoms with E-state index >= 15 is 0 Å². The van der Waals surface area contributed by atoms with Crippen molar-refractivity contribution >= 4 is 28.8 Å². The number of carboxylic acids is 2. The van der Waals surface area contributed by atoms with Gasteiger partial charge in [0.2, 0.25) is 0 Å². The van der Waals surface area contributed by atoms with Crippen molar-refractivity contribution in [2.75, 3.05) is 12.3 Å². The number of aromatic nitrogens is 5. The molecule has 4 aromatic rings. The van der Waals surface area contributed by atoms with Gasteiger partial charge < -0.3 is 36.1 Å². The molecule has 4 rings (SSSR count). The molecule has 0 bridgehead atoms. The van der Waals surface area contributed by atoms with Crippen LogP contribution in [0.25, 0.3) is 22.6 Å². The number of pyridine rings is 1. The van der Waals surface area contributed by atoms with E-state index in [1.807, 2.05) is 29.7 Å². The molecule has 0 unspecified atom stereocenters. The zero-order valence-corrected chi connectivity index (χ0v) is 26.0. The number of aliphatic carboxylic acids is 2. The molecule has 3 aromatic heterocycles. The summed E-state index contributed by atoms with van der Waals surface area (Å²) < 4.78 is 76.3. The van der Waals surface area contributed by atoms with Gasteiger partial charge in [-0.2, -0.15) is 26.3 Å². The first-order valence-corrected chi connectivity index (χ1v) is 13.9. The van der Waals surface area contributed by atoms with Crippen LogP contribution in [0.2, 0.25) is 0 Å². The van der Waals surface area contributed by atoms with Gasteiger partial charge in [0.1, 0.15) is 22.3 Å². The molecular formula is C29H31F6N7O7. The van der Waals surface area contributed by atoms with Gasteiger partial charge in [-0.15, -0.1) is 0 Å². The fourth-order valence-corrected chi connectivity index (χ4v) is 3.70. The van der Waals surface area contributed by atoms with E-state index in [9.17, 15) is 31.4 Å². The molecule has 0 spiro atoms. The van der Waals surface area contributed by atoms with Crippen LogP contribution in [0.5, 0.6) is 5.75 Å². The van der Waals surface area contributed by atoms with Crippen LogP contribution >= 0.6 is 0 Å². The molecule has 1 aromatic carbocycles. The summed E-state index contributed by atoms with van der Waals surface area (Å²) >= 11 is 0. The number of aryl methyl sites for hydroxylation is 1. The molecule has 0 amide bonds. The molecule has 3 heterocycles. The average molecular weight is 704 g/mol. The minimum absolute atomic E-state index is 0.0505. The number of aliphatic hydroxyl groups is 1. The lowest BCUT2D eigenvalue weighted by atomic mass is 10.0. The Labute approximate surface area is 273 Å². The van der Waals surface area contributed by atoms with Crippen LogP contribution in [0.1, 0.15) is 38.4 Å². The Morgan fingerprint density at radius 3 is 2.08 bits per heavy atom. The molecule has 14 nitrogen and oxygen atoms in total. The number of ether oxygens (including phenoxy) is 1. The number of benzene rings is 1. The van der Waals surface area contributed by atoms with E-state index < -0.39 is 29.9 Å². The van der Waals surface area contributed by atoms with Crippen molar-refractivity contribution in [2.24, 2.45) is 5.73 Å². The maximum atomic E-state index is 10.6. The Kier molecular flexibility index (Phi) is 13.5.